The number of hydrogen-bond acceptors (Lipinski definition) is 4. The van der Waals surface area contributed by atoms with E-state index in [0.717, 1.165) is 45.2 Å². The summed E-state index contributed by atoms with van der Waals surface area (Å²) in [5, 5.41) is 0. The molecule has 3 aliphatic rings. The fourth-order valence-electron chi connectivity index (χ4n) is 5.28. The standard InChI is InChI=1S/C17H27NO3/c1-12-9-13(11-16(20)21-2)17-6-4-8-18(14(17)10-12)7-3-5-15(17)19/h12-14H,3-11H2,1-2H3/t12-,13+,14+,17-/m1/s1. The second-order valence-electron chi connectivity index (χ2n) is 7.28. The Morgan fingerprint density at radius 3 is 2.86 bits per heavy atom. The van der Waals surface area contributed by atoms with E-state index in [1.165, 1.54) is 7.11 Å². The third kappa shape index (κ3) is 2.41. The van der Waals surface area contributed by atoms with Crippen LogP contribution in [0.1, 0.15) is 51.9 Å². The highest BCUT2D eigenvalue weighted by atomic mass is 16.5. The summed E-state index contributed by atoms with van der Waals surface area (Å²) in [4.78, 5) is 27.4. The molecule has 3 fully saturated rings. The Bertz CT molecular complexity index is 436. The summed E-state index contributed by atoms with van der Waals surface area (Å²) in [5.41, 5.74) is -0.268. The van der Waals surface area contributed by atoms with Crippen molar-refractivity contribution in [3.8, 4) is 0 Å². The van der Waals surface area contributed by atoms with Crippen LogP contribution in [0.2, 0.25) is 0 Å². The van der Waals surface area contributed by atoms with Gasteiger partial charge in [0.1, 0.15) is 5.78 Å². The van der Waals surface area contributed by atoms with Crippen LogP contribution in [-0.2, 0) is 14.3 Å². The first kappa shape index (κ1) is 15.0. The van der Waals surface area contributed by atoms with Gasteiger partial charge in [-0.05, 0) is 57.0 Å². The van der Waals surface area contributed by atoms with Crippen LogP contribution in [-0.4, -0.2) is 42.9 Å². The Hall–Kier alpha value is -0.900. The van der Waals surface area contributed by atoms with Crippen LogP contribution in [0.5, 0.6) is 0 Å². The van der Waals surface area contributed by atoms with Crippen LogP contribution in [0, 0.1) is 17.3 Å². The lowest BCUT2D eigenvalue weighted by molar-refractivity contribution is -0.153. The molecule has 0 aromatic rings. The first-order chi connectivity index (χ1) is 10.1. The Balaban J connectivity index is 1.98. The van der Waals surface area contributed by atoms with E-state index in [4.69, 9.17) is 4.74 Å². The van der Waals surface area contributed by atoms with Gasteiger partial charge in [-0.15, -0.1) is 0 Å². The number of Topliss-reactive ketones (excluding diaryl/α,β-unsaturated/α-hetero) is 1. The van der Waals surface area contributed by atoms with Gasteiger partial charge in [0.15, 0.2) is 0 Å². The zero-order chi connectivity index (χ0) is 15.0. The summed E-state index contributed by atoms with van der Waals surface area (Å²) in [5.74, 6) is 1.03. The number of piperidine rings is 1. The fraction of sp³-hybridized carbons (Fsp3) is 0.882. The topological polar surface area (TPSA) is 46.6 Å². The summed E-state index contributed by atoms with van der Waals surface area (Å²) in [6.07, 6.45) is 6.26. The minimum Gasteiger partial charge on any atom is -0.469 e. The number of ketones is 1. The van der Waals surface area contributed by atoms with Gasteiger partial charge < -0.3 is 4.74 Å². The first-order valence-corrected chi connectivity index (χ1v) is 8.42. The lowest BCUT2D eigenvalue weighted by Crippen LogP contribution is -2.61. The Labute approximate surface area is 127 Å². The molecule has 4 heteroatoms. The second-order valence-corrected chi connectivity index (χ2v) is 7.28. The quantitative estimate of drug-likeness (QED) is 0.734. The van der Waals surface area contributed by atoms with Gasteiger partial charge in [0.05, 0.1) is 7.11 Å². The minimum absolute atomic E-state index is 0.156. The summed E-state index contributed by atoms with van der Waals surface area (Å²) in [6.45, 7) is 4.44. The molecule has 0 aromatic heterocycles. The van der Waals surface area contributed by atoms with Crippen molar-refractivity contribution in [3.05, 3.63) is 0 Å². The summed E-state index contributed by atoms with van der Waals surface area (Å²) in [6, 6.07) is 0.361. The molecule has 2 heterocycles. The molecule has 0 aromatic carbocycles. The fourth-order valence-corrected chi connectivity index (χ4v) is 5.28. The Morgan fingerprint density at radius 1 is 1.33 bits per heavy atom. The molecule has 3 rings (SSSR count). The van der Waals surface area contributed by atoms with Gasteiger partial charge in [-0.2, -0.15) is 0 Å². The van der Waals surface area contributed by atoms with E-state index in [2.05, 4.69) is 11.8 Å². The van der Waals surface area contributed by atoms with E-state index in [-0.39, 0.29) is 17.3 Å². The van der Waals surface area contributed by atoms with Crippen molar-refractivity contribution in [2.24, 2.45) is 17.3 Å². The largest absolute Gasteiger partial charge is 0.469 e. The number of ether oxygens (including phenoxy) is 1. The highest BCUT2D eigenvalue weighted by molar-refractivity contribution is 5.87. The van der Waals surface area contributed by atoms with E-state index in [1.807, 2.05) is 0 Å². The highest BCUT2D eigenvalue weighted by Gasteiger charge is 2.57. The van der Waals surface area contributed by atoms with Gasteiger partial charge in [0, 0.05) is 24.3 Å². The second kappa shape index (κ2) is 5.71. The number of rotatable bonds is 2. The predicted octanol–water partition coefficient (Wildman–Crippen LogP) is 2.41. The lowest BCUT2D eigenvalue weighted by atomic mass is 9.54. The van der Waals surface area contributed by atoms with E-state index in [0.29, 0.717) is 30.6 Å². The molecule has 1 saturated carbocycles. The van der Waals surface area contributed by atoms with Crippen LogP contribution >= 0.6 is 0 Å². The molecule has 4 nitrogen and oxygen atoms in total. The molecule has 0 radical (unpaired) electrons. The van der Waals surface area contributed by atoms with Crippen LogP contribution < -0.4 is 0 Å². The van der Waals surface area contributed by atoms with Gasteiger partial charge in [-0.25, -0.2) is 0 Å². The highest BCUT2D eigenvalue weighted by Crippen LogP contribution is 2.54. The van der Waals surface area contributed by atoms with E-state index in [1.54, 1.807) is 0 Å². The van der Waals surface area contributed by atoms with E-state index >= 15 is 0 Å². The molecule has 21 heavy (non-hydrogen) atoms. The van der Waals surface area contributed by atoms with Crippen LogP contribution in [0.4, 0.5) is 0 Å². The van der Waals surface area contributed by atoms with Crippen molar-refractivity contribution in [1.29, 1.82) is 0 Å². The monoisotopic (exact) mass is 293 g/mol. The van der Waals surface area contributed by atoms with Gasteiger partial charge in [-0.3, -0.25) is 14.5 Å². The Kier molecular flexibility index (Phi) is 4.08. The van der Waals surface area contributed by atoms with Gasteiger partial charge >= 0.3 is 5.97 Å². The maximum Gasteiger partial charge on any atom is 0.305 e. The molecule has 0 spiro atoms. The molecular formula is C17H27NO3. The molecular weight excluding hydrogens is 266 g/mol. The minimum atomic E-state index is -0.268. The molecule has 118 valence electrons. The van der Waals surface area contributed by atoms with Crippen molar-refractivity contribution in [2.75, 3.05) is 20.2 Å². The average molecular weight is 293 g/mol. The van der Waals surface area contributed by atoms with Crippen LogP contribution in [0.3, 0.4) is 0 Å². The van der Waals surface area contributed by atoms with E-state index < -0.39 is 0 Å². The maximum absolute atomic E-state index is 13.0. The molecule has 2 aliphatic heterocycles. The zero-order valence-electron chi connectivity index (χ0n) is 13.3. The van der Waals surface area contributed by atoms with Crippen molar-refractivity contribution < 1.29 is 14.3 Å². The van der Waals surface area contributed by atoms with Crippen molar-refractivity contribution >= 4 is 11.8 Å². The third-order valence-electron chi connectivity index (χ3n) is 6.12. The number of esters is 1. The lowest BCUT2D eigenvalue weighted by Gasteiger charge is -2.55. The van der Waals surface area contributed by atoms with Gasteiger partial charge in [0.25, 0.3) is 0 Å². The van der Waals surface area contributed by atoms with Crippen LogP contribution in [0.25, 0.3) is 0 Å². The maximum atomic E-state index is 13.0. The number of carbonyl (C=O) groups excluding carboxylic acids is 2. The van der Waals surface area contributed by atoms with Crippen molar-refractivity contribution in [1.82, 2.24) is 4.90 Å². The van der Waals surface area contributed by atoms with Gasteiger partial charge in [0.2, 0.25) is 0 Å². The smallest absolute Gasteiger partial charge is 0.305 e. The number of nitrogens with zero attached hydrogens (tertiary/aromatic N) is 1. The third-order valence-corrected chi connectivity index (χ3v) is 6.12. The molecule has 5 atom stereocenters. The van der Waals surface area contributed by atoms with Crippen molar-refractivity contribution in [2.45, 2.75) is 57.9 Å². The molecule has 2 saturated heterocycles. The van der Waals surface area contributed by atoms with Crippen LogP contribution in [0.15, 0.2) is 0 Å². The van der Waals surface area contributed by atoms with Gasteiger partial charge in [-0.1, -0.05) is 6.92 Å². The number of methoxy groups -OCH3 is 1. The molecule has 0 N–H and O–H groups in total. The predicted molar refractivity (Wildman–Crippen MR) is 79.8 cm³/mol. The average Bonchev–Trinajstić information content (AvgIpc) is 2.54. The summed E-state index contributed by atoms with van der Waals surface area (Å²) in [7, 11) is 1.45. The molecule has 1 unspecified atom stereocenters. The normalized spacial score (nSPS) is 42.9. The van der Waals surface area contributed by atoms with Crippen molar-refractivity contribution in [3.63, 3.8) is 0 Å². The number of carbonyl (C=O) groups is 2. The summed E-state index contributed by atoms with van der Waals surface area (Å²) < 4.78 is 4.90. The summed E-state index contributed by atoms with van der Waals surface area (Å²) >= 11 is 0. The molecule has 2 bridgehead atoms. The Morgan fingerprint density at radius 2 is 2.10 bits per heavy atom. The first-order valence-electron chi connectivity index (χ1n) is 8.42. The zero-order valence-corrected chi connectivity index (χ0v) is 13.3. The molecule has 0 amide bonds. The SMILES string of the molecule is COC(=O)C[C@@H]1C[C@@H](C)C[C@@H]2N3CCCC(=O)[C@]12CCC3. The molecule has 1 aliphatic carbocycles. The van der Waals surface area contributed by atoms with E-state index in [9.17, 15) is 9.59 Å². The number of hydrogen-bond donors (Lipinski definition) is 0.